The summed E-state index contributed by atoms with van der Waals surface area (Å²) in [7, 11) is 0. The van der Waals surface area contributed by atoms with Crippen LogP contribution in [0.1, 0.15) is 18.5 Å². The van der Waals surface area contributed by atoms with Crippen molar-refractivity contribution < 1.29 is 32.6 Å². The lowest BCUT2D eigenvalue weighted by Crippen LogP contribution is -2.49. The number of aliphatic hydroxyl groups is 1. The number of alkyl halides is 3. The summed E-state index contributed by atoms with van der Waals surface area (Å²) in [6.07, 6.45) is -4.44. The lowest BCUT2D eigenvalue weighted by molar-refractivity contribution is -0.274. The number of urea groups is 1. The summed E-state index contributed by atoms with van der Waals surface area (Å²) < 4.78 is 40.7. The topological polar surface area (TPSA) is 104 Å². The number of nitrogens with one attached hydrogen (secondary N) is 2. The molecule has 0 radical (unpaired) electrons. The predicted octanol–water partition coefficient (Wildman–Crippen LogP) is 2.57. The molecule has 154 valence electrons. The first kappa shape index (κ1) is 20.4. The van der Waals surface area contributed by atoms with Crippen LogP contribution in [0.4, 0.5) is 29.5 Å². The number of benzene rings is 1. The second-order valence-corrected chi connectivity index (χ2v) is 6.29. The number of ether oxygens (including phenoxy) is 1. The van der Waals surface area contributed by atoms with Crippen LogP contribution in [0.2, 0.25) is 0 Å². The zero-order chi connectivity index (χ0) is 21.2. The fourth-order valence-corrected chi connectivity index (χ4v) is 2.86. The van der Waals surface area contributed by atoms with E-state index in [0.29, 0.717) is 11.3 Å². The van der Waals surface area contributed by atoms with Crippen molar-refractivity contribution in [1.82, 2.24) is 10.3 Å². The second kappa shape index (κ2) is 7.95. The standard InChI is InChI=1S/C18H17F3N4O4/c1-10(26)15(11-4-6-12(7-5-11)29-18(19,20)21)24-17(28)25-9-14(27)23-13-3-2-8-22-16(13)25/h2-8,10,15,26H,9H2,1H3,(H,23,27)(H,24,28). The summed E-state index contributed by atoms with van der Waals surface area (Å²) in [6.45, 7) is 1.14. The highest BCUT2D eigenvalue weighted by Crippen LogP contribution is 2.28. The molecule has 1 aromatic carbocycles. The van der Waals surface area contributed by atoms with Crippen LogP contribution in [-0.2, 0) is 4.79 Å². The molecule has 3 N–H and O–H groups in total. The molecule has 1 aliphatic heterocycles. The van der Waals surface area contributed by atoms with Crippen molar-refractivity contribution in [2.24, 2.45) is 0 Å². The van der Waals surface area contributed by atoms with Gasteiger partial charge in [0.15, 0.2) is 5.82 Å². The van der Waals surface area contributed by atoms with Gasteiger partial charge in [0.25, 0.3) is 0 Å². The average Bonchev–Trinajstić information content (AvgIpc) is 2.64. The Morgan fingerprint density at radius 3 is 2.62 bits per heavy atom. The molecule has 0 saturated heterocycles. The van der Waals surface area contributed by atoms with Gasteiger partial charge in [-0.2, -0.15) is 0 Å². The summed E-state index contributed by atoms with van der Waals surface area (Å²) in [5.41, 5.74) is 0.715. The molecule has 8 nitrogen and oxygen atoms in total. The molecule has 2 heterocycles. The first-order valence-electron chi connectivity index (χ1n) is 8.51. The number of rotatable bonds is 4. The SMILES string of the molecule is CC(O)C(NC(=O)N1CC(=O)Nc2cccnc21)c1ccc(OC(F)(F)F)cc1. The maximum absolute atomic E-state index is 12.8. The van der Waals surface area contributed by atoms with Gasteiger partial charge in [-0.25, -0.2) is 9.78 Å². The highest BCUT2D eigenvalue weighted by molar-refractivity contribution is 6.08. The number of anilines is 2. The van der Waals surface area contributed by atoms with Crippen LogP contribution in [0.5, 0.6) is 5.75 Å². The van der Waals surface area contributed by atoms with E-state index < -0.39 is 36.2 Å². The third-order valence-corrected chi connectivity index (χ3v) is 4.10. The Morgan fingerprint density at radius 1 is 1.31 bits per heavy atom. The third kappa shape index (κ3) is 4.93. The number of hydrogen-bond donors (Lipinski definition) is 3. The summed E-state index contributed by atoms with van der Waals surface area (Å²) in [5, 5.41) is 15.3. The van der Waals surface area contributed by atoms with E-state index in [2.05, 4.69) is 20.4 Å². The molecule has 0 bridgehead atoms. The van der Waals surface area contributed by atoms with Crippen LogP contribution in [0.25, 0.3) is 0 Å². The molecule has 0 saturated carbocycles. The molecule has 0 aliphatic carbocycles. The van der Waals surface area contributed by atoms with Gasteiger partial charge in [0.2, 0.25) is 5.91 Å². The number of pyridine rings is 1. The number of aliphatic hydroxyl groups excluding tert-OH is 1. The van der Waals surface area contributed by atoms with Crippen molar-refractivity contribution in [3.05, 3.63) is 48.2 Å². The minimum Gasteiger partial charge on any atom is -0.406 e. The zero-order valence-corrected chi connectivity index (χ0v) is 15.1. The number of carbonyl (C=O) groups is 2. The van der Waals surface area contributed by atoms with Crippen LogP contribution in [0.3, 0.4) is 0 Å². The van der Waals surface area contributed by atoms with Gasteiger partial charge in [0.1, 0.15) is 12.3 Å². The van der Waals surface area contributed by atoms with Crippen molar-refractivity contribution in [1.29, 1.82) is 0 Å². The van der Waals surface area contributed by atoms with Gasteiger partial charge >= 0.3 is 12.4 Å². The number of nitrogens with zero attached hydrogens (tertiary/aromatic N) is 2. The average molecular weight is 410 g/mol. The normalized spacial score (nSPS) is 15.8. The molecule has 3 rings (SSSR count). The quantitative estimate of drug-likeness (QED) is 0.719. The monoisotopic (exact) mass is 410 g/mol. The van der Waals surface area contributed by atoms with Crippen LogP contribution >= 0.6 is 0 Å². The highest BCUT2D eigenvalue weighted by Gasteiger charge is 2.32. The number of aromatic nitrogens is 1. The van der Waals surface area contributed by atoms with E-state index >= 15 is 0 Å². The van der Waals surface area contributed by atoms with E-state index in [1.54, 1.807) is 12.1 Å². The minimum atomic E-state index is -4.82. The zero-order valence-electron chi connectivity index (χ0n) is 15.1. The Hall–Kier alpha value is -3.34. The van der Waals surface area contributed by atoms with Crippen LogP contribution < -0.4 is 20.3 Å². The molecule has 3 amide bonds. The fourth-order valence-electron chi connectivity index (χ4n) is 2.86. The number of amides is 3. The summed E-state index contributed by atoms with van der Waals surface area (Å²) in [4.78, 5) is 29.8. The van der Waals surface area contributed by atoms with Gasteiger partial charge in [-0.3, -0.25) is 9.69 Å². The van der Waals surface area contributed by atoms with Crippen molar-refractivity contribution in [3.63, 3.8) is 0 Å². The number of halogens is 3. The van der Waals surface area contributed by atoms with Gasteiger partial charge < -0.3 is 20.5 Å². The largest absolute Gasteiger partial charge is 0.573 e. The molecule has 0 fully saturated rings. The van der Waals surface area contributed by atoms with E-state index in [1.807, 2.05) is 0 Å². The molecule has 2 unspecified atom stereocenters. The van der Waals surface area contributed by atoms with E-state index in [4.69, 9.17) is 0 Å². The first-order valence-corrected chi connectivity index (χ1v) is 8.51. The van der Waals surface area contributed by atoms with E-state index in [-0.39, 0.29) is 12.4 Å². The summed E-state index contributed by atoms with van der Waals surface area (Å²) in [6, 6.07) is 6.31. The Kier molecular flexibility index (Phi) is 5.59. The van der Waals surface area contributed by atoms with Gasteiger partial charge in [-0.05, 0) is 36.8 Å². The molecular weight excluding hydrogens is 393 g/mol. The number of fused-ring (bicyclic) bond motifs is 1. The van der Waals surface area contributed by atoms with Crippen molar-refractivity contribution in [3.8, 4) is 5.75 Å². The minimum absolute atomic E-state index is 0.239. The molecule has 29 heavy (non-hydrogen) atoms. The van der Waals surface area contributed by atoms with Gasteiger partial charge in [-0.15, -0.1) is 13.2 Å². The molecule has 2 atom stereocenters. The first-order chi connectivity index (χ1) is 13.6. The number of hydrogen-bond acceptors (Lipinski definition) is 5. The summed E-state index contributed by atoms with van der Waals surface area (Å²) in [5.74, 6) is -0.603. The van der Waals surface area contributed by atoms with Crippen molar-refractivity contribution >= 4 is 23.4 Å². The van der Waals surface area contributed by atoms with E-state index in [1.165, 1.54) is 25.3 Å². The second-order valence-electron chi connectivity index (χ2n) is 6.29. The van der Waals surface area contributed by atoms with Crippen molar-refractivity contribution in [2.75, 3.05) is 16.8 Å². The summed E-state index contributed by atoms with van der Waals surface area (Å²) >= 11 is 0. The third-order valence-electron chi connectivity index (χ3n) is 4.10. The van der Waals surface area contributed by atoms with Crippen LogP contribution in [0.15, 0.2) is 42.6 Å². The molecular formula is C18H17F3N4O4. The van der Waals surface area contributed by atoms with Crippen LogP contribution in [0, 0.1) is 0 Å². The Bertz CT molecular complexity index is 903. The van der Waals surface area contributed by atoms with E-state index in [0.717, 1.165) is 17.0 Å². The lowest BCUT2D eigenvalue weighted by atomic mass is 10.0. The smallest absolute Gasteiger partial charge is 0.406 e. The van der Waals surface area contributed by atoms with E-state index in [9.17, 15) is 27.9 Å². The lowest BCUT2D eigenvalue weighted by Gasteiger charge is -2.30. The maximum Gasteiger partial charge on any atom is 0.573 e. The van der Waals surface area contributed by atoms with Crippen molar-refractivity contribution in [2.45, 2.75) is 25.4 Å². The Labute approximate surface area is 163 Å². The Balaban J connectivity index is 1.79. The number of carbonyl (C=O) groups excluding carboxylic acids is 2. The molecule has 1 aromatic heterocycles. The molecule has 1 aliphatic rings. The maximum atomic E-state index is 12.8. The molecule has 2 aromatic rings. The van der Waals surface area contributed by atoms with Gasteiger partial charge in [-0.1, -0.05) is 12.1 Å². The van der Waals surface area contributed by atoms with Gasteiger partial charge in [0.05, 0.1) is 17.8 Å². The van der Waals surface area contributed by atoms with Gasteiger partial charge in [0, 0.05) is 6.20 Å². The predicted molar refractivity (Wildman–Crippen MR) is 96.3 cm³/mol. The fraction of sp³-hybridized carbons (Fsp3) is 0.278. The highest BCUT2D eigenvalue weighted by atomic mass is 19.4. The molecule has 11 heteroatoms. The Morgan fingerprint density at radius 2 is 2.00 bits per heavy atom. The van der Waals surface area contributed by atoms with Crippen LogP contribution in [-0.4, -0.2) is 41.0 Å². The molecule has 0 spiro atoms.